The van der Waals surface area contributed by atoms with Gasteiger partial charge in [0, 0.05) is 37.1 Å². The Morgan fingerprint density at radius 2 is 2.21 bits per heavy atom. The smallest absolute Gasteiger partial charge is 0.343 e. The van der Waals surface area contributed by atoms with Crippen molar-refractivity contribution in [2.24, 2.45) is 7.05 Å². The molecule has 1 aliphatic carbocycles. The molecule has 0 aromatic carbocycles. The van der Waals surface area contributed by atoms with Gasteiger partial charge >= 0.3 is 12.0 Å². The van der Waals surface area contributed by atoms with E-state index in [4.69, 9.17) is 4.74 Å². The van der Waals surface area contributed by atoms with Crippen LogP contribution in [0.2, 0.25) is 0 Å². The lowest BCUT2D eigenvalue weighted by Gasteiger charge is -2.07. The van der Waals surface area contributed by atoms with Gasteiger partial charge in [0.15, 0.2) is 0 Å². The second kappa shape index (κ2) is 4.93. The normalized spacial score (nSPS) is 14.6. The van der Waals surface area contributed by atoms with E-state index in [0.717, 1.165) is 17.8 Å². The Labute approximate surface area is 111 Å². The summed E-state index contributed by atoms with van der Waals surface area (Å²) in [6.07, 6.45) is 5.89. The fourth-order valence-electron chi connectivity index (χ4n) is 1.68. The highest BCUT2D eigenvalue weighted by Gasteiger charge is 2.20. The molecule has 100 valence electrons. The lowest BCUT2D eigenvalue weighted by Crippen LogP contribution is -2.16. The zero-order chi connectivity index (χ0) is 13.2. The number of aromatic nitrogens is 5. The van der Waals surface area contributed by atoms with E-state index >= 15 is 0 Å². The van der Waals surface area contributed by atoms with Crippen LogP contribution in [-0.4, -0.2) is 30.8 Å². The van der Waals surface area contributed by atoms with Gasteiger partial charge in [-0.05, 0) is 19.8 Å². The summed E-state index contributed by atoms with van der Waals surface area (Å²) in [6.45, 7) is 2.75. The standard InChI is InChI=1S/C12H16N6O/c1-8-9(5-13-10-3-4-10)6-14-11(16-8)19-12-15-7-18(2)17-12/h6-7,10,13H,3-5H2,1-2H3. The van der Waals surface area contributed by atoms with E-state index < -0.39 is 0 Å². The third-order valence-corrected chi connectivity index (χ3v) is 2.98. The molecule has 2 aromatic rings. The van der Waals surface area contributed by atoms with Gasteiger partial charge in [-0.25, -0.2) is 4.98 Å². The van der Waals surface area contributed by atoms with Gasteiger partial charge in [-0.3, -0.25) is 4.68 Å². The minimum atomic E-state index is 0.255. The van der Waals surface area contributed by atoms with Crippen molar-refractivity contribution in [2.75, 3.05) is 0 Å². The Kier molecular flexibility index (Phi) is 3.12. The molecule has 2 heterocycles. The van der Waals surface area contributed by atoms with Crippen LogP contribution < -0.4 is 10.1 Å². The maximum Gasteiger partial charge on any atom is 0.343 e. The maximum absolute atomic E-state index is 5.39. The van der Waals surface area contributed by atoms with Gasteiger partial charge in [-0.2, -0.15) is 9.97 Å². The summed E-state index contributed by atoms with van der Waals surface area (Å²) < 4.78 is 6.95. The second-order valence-electron chi connectivity index (χ2n) is 4.72. The Bertz CT molecular complexity index is 577. The quantitative estimate of drug-likeness (QED) is 0.862. The highest BCUT2D eigenvalue weighted by molar-refractivity contribution is 5.19. The molecule has 1 aliphatic rings. The molecular weight excluding hydrogens is 244 g/mol. The van der Waals surface area contributed by atoms with E-state index in [-0.39, 0.29) is 12.0 Å². The Balaban J connectivity index is 1.67. The molecule has 0 saturated heterocycles. The van der Waals surface area contributed by atoms with Crippen LogP contribution in [0.4, 0.5) is 0 Å². The Morgan fingerprint density at radius 1 is 1.37 bits per heavy atom. The summed E-state index contributed by atoms with van der Waals surface area (Å²) in [5.74, 6) is 0. The summed E-state index contributed by atoms with van der Waals surface area (Å²) in [5.41, 5.74) is 2.00. The van der Waals surface area contributed by atoms with Gasteiger partial charge in [0.1, 0.15) is 6.33 Å². The van der Waals surface area contributed by atoms with E-state index in [1.165, 1.54) is 12.8 Å². The third-order valence-electron chi connectivity index (χ3n) is 2.98. The Morgan fingerprint density at radius 3 is 2.84 bits per heavy atom. The number of rotatable bonds is 5. The molecule has 0 amide bonds. The maximum atomic E-state index is 5.39. The molecule has 3 rings (SSSR count). The monoisotopic (exact) mass is 260 g/mol. The predicted octanol–water partition coefficient (Wildman–Crippen LogP) is 0.958. The van der Waals surface area contributed by atoms with Gasteiger partial charge < -0.3 is 10.1 Å². The molecule has 0 bridgehead atoms. The van der Waals surface area contributed by atoms with Crippen molar-refractivity contribution in [2.45, 2.75) is 32.4 Å². The number of ether oxygens (including phenoxy) is 1. The largest absolute Gasteiger partial charge is 0.387 e. The molecule has 0 aliphatic heterocycles. The molecule has 0 spiro atoms. The van der Waals surface area contributed by atoms with Gasteiger partial charge in [0.05, 0.1) is 0 Å². The zero-order valence-corrected chi connectivity index (χ0v) is 11.0. The lowest BCUT2D eigenvalue weighted by atomic mass is 10.2. The first-order chi connectivity index (χ1) is 9.20. The summed E-state index contributed by atoms with van der Waals surface area (Å²) >= 11 is 0. The number of hydrogen-bond donors (Lipinski definition) is 1. The summed E-state index contributed by atoms with van der Waals surface area (Å²) in [5, 5.41) is 7.45. The second-order valence-corrected chi connectivity index (χ2v) is 4.72. The van der Waals surface area contributed by atoms with Crippen molar-refractivity contribution in [3.63, 3.8) is 0 Å². The minimum absolute atomic E-state index is 0.255. The zero-order valence-electron chi connectivity index (χ0n) is 11.0. The van der Waals surface area contributed by atoms with Crippen molar-refractivity contribution in [1.82, 2.24) is 30.0 Å². The van der Waals surface area contributed by atoms with Crippen molar-refractivity contribution < 1.29 is 4.74 Å². The fourth-order valence-corrected chi connectivity index (χ4v) is 1.68. The SMILES string of the molecule is Cc1nc(Oc2ncn(C)n2)ncc1CNC1CC1. The van der Waals surface area contributed by atoms with E-state index in [0.29, 0.717) is 6.04 Å². The molecule has 1 fully saturated rings. The van der Waals surface area contributed by atoms with E-state index in [1.54, 1.807) is 24.3 Å². The van der Waals surface area contributed by atoms with Crippen molar-refractivity contribution >= 4 is 0 Å². The predicted molar refractivity (Wildman–Crippen MR) is 67.7 cm³/mol. The number of aryl methyl sites for hydroxylation is 2. The summed E-state index contributed by atoms with van der Waals surface area (Å²) in [6, 6.07) is 1.21. The minimum Gasteiger partial charge on any atom is -0.387 e. The topological polar surface area (TPSA) is 77.8 Å². The fraction of sp³-hybridized carbons (Fsp3) is 0.500. The molecule has 0 unspecified atom stereocenters. The van der Waals surface area contributed by atoms with Crippen LogP contribution in [0.1, 0.15) is 24.1 Å². The van der Waals surface area contributed by atoms with Crippen LogP contribution in [0, 0.1) is 6.92 Å². The highest BCUT2D eigenvalue weighted by Crippen LogP contribution is 2.20. The number of nitrogens with zero attached hydrogens (tertiary/aromatic N) is 5. The molecule has 2 aromatic heterocycles. The van der Waals surface area contributed by atoms with E-state index in [1.807, 2.05) is 6.92 Å². The number of hydrogen-bond acceptors (Lipinski definition) is 6. The van der Waals surface area contributed by atoms with Crippen LogP contribution in [0.3, 0.4) is 0 Å². The van der Waals surface area contributed by atoms with E-state index in [2.05, 4.69) is 25.4 Å². The van der Waals surface area contributed by atoms with Gasteiger partial charge in [-0.1, -0.05) is 0 Å². The van der Waals surface area contributed by atoms with Gasteiger partial charge in [0.2, 0.25) is 0 Å². The first-order valence-corrected chi connectivity index (χ1v) is 6.30. The molecule has 7 nitrogen and oxygen atoms in total. The van der Waals surface area contributed by atoms with Gasteiger partial charge in [0.25, 0.3) is 0 Å². The third kappa shape index (κ3) is 3.05. The molecule has 1 N–H and O–H groups in total. The first kappa shape index (κ1) is 12.0. The Hall–Kier alpha value is -2.02. The van der Waals surface area contributed by atoms with Crippen LogP contribution in [-0.2, 0) is 13.6 Å². The van der Waals surface area contributed by atoms with Crippen LogP contribution >= 0.6 is 0 Å². The average Bonchev–Trinajstić information content (AvgIpc) is 3.12. The molecule has 0 atom stereocenters. The molecular formula is C12H16N6O. The van der Waals surface area contributed by atoms with Crippen LogP contribution in [0.25, 0.3) is 0 Å². The number of nitrogens with one attached hydrogen (secondary N) is 1. The van der Waals surface area contributed by atoms with Crippen molar-refractivity contribution in [3.8, 4) is 12.0 Å². The molecule has 19 heavy (non-hydrogen) atoms. The van der Waals surface area contributed by atoms with Crippen molar-refractivity contribution in [3.05, 3.63) is 23.8 Å². The summed E-state index contributed by atoms with van der Waals surface area (Å²) in [4.78, 5) is 12.5. The van der Waals surface area contributed by atoms with E-state index in [9.17, 15) is 0 Å². The molecule has 7 heteroatoms. The average molecular weight is 260 g/mol. The lowest BCUT2D eigenvalue weighted by molar-refractivity contribution is 0.402. The van der Waals surface area contributed by atoms with Crippen molar-refractivity contribution in [1.29, 1.82) is 0 Å². The van der Waals surface area contributed by atoms with Crippen LogP contribution in [0.5, 0.6) is 12.0 Å². The summed E-state index contributed by atoms with van der Waals surface area (Å²) in [7, 11) is 1.78. The molecule has 1 saturated carbocycles. The van der Waals surface area contributed by atoms with Crippen LogP contribution in [0.15, 0.2) is 12.5 Å². The van der Waals surface area contributed by atoms with Gasteiger partial charge in [-0.15, -0.1) is 5.10 Å². The molecule has 0 radical (unpaired) electrons. The first-order valence-electron chi connectivity index (χ1n) is 6.30. The highest BCUT2D eigenvalue weighted by atomic mass is 16.5.